The molecular formula is C23H21N3O5. The predicted octanol–water partition coefficient (Wildman–Crippen LogP) is 2.45. The molecule has 1 fully saturated rings. The number of aliphatic hydroxyl groups is 1. The van der Waals surface area contributed by atoms with Crippen LogP contribution in [0.5, 0.6) is 17.2 Å². The number of benzene rings is 2. The summed E-state index contributed by atoms with van der Waals surface area (Å²) in [4.78, 5) is 25.0. The van der Waals surface area contributed by atoms with Gasteiger partial charge in [0.15, 0.2) is 0 Å². The van der Waals surface area contributed by atoms with Gasteiger partial charge < -0.3 is 14.6 Å². The highest BCUT2D eigenvalue weighted by molar-refractivity contribution is 5.35. The SMILES string of the molecule is N#Cc1cn(C2CC2)c(=O)n(CC(O)COc2ccc(Oc3ccccc3)cc2)c1=O. The van der Waals surface area contributed by atoms with E-state index in [4.69, 9.17) is 9.47 Å². The maximum atomic E-state index is 12.6. The zero-order chi connectivity index (χ0) is 21.8. The maximum absolute atomic E-state index is 12.6. The fourth-order valence-electron chi connectivity index (χ4n) is 3.16. The monoisotopic (exact) mass is 419 g/mol. The standard InChI is InChI=1S/C23H21N3O5/c24-12-16-13-25(17-6-7-17)23(29)26(22(16)28)14-18(27)15-30-19-8-10-21(11-9-19)31-20-4-2-1-3-5-20/h1-5,8-11,13,17-18,27H,6-7,14-15H2. The molecule has 158 valence electrons. The summed E-state index contributed by atoms with van der Waals surface area (Å²) in [6.45, 7) is -0.375. The summed E-state index contributed by atoms with van der Waals surface area (Å²) in [6.07, 6.45) is 1.87. The van der Waals surface area contributed by atoms with Crippen molar-refractivity contribution in [2.24, 2.45) is 0 Å². The van der Waals surface area contributed by atoms with E-state index in [1.54, 1.807) is 24.3 Å². The van der Waals surface area contributed by atoms with E-state index in [0.29, 0.717) is 17.2 Å². The van der Waals surface area contributed by atoms with Crippen LogP contribution in [0.2, 0.25) is 0 Å². The van der Waals surface area contributed by atoms with Crippen LogP contribution in [0.3, 0.4) is 0 Å². The molecule has 1 aliphatic rings. The Balaban J connectivity index is 1.39. The van der Waals surface area contributed by atoms with Crippen LogP contribution in [0.25, 0.3) is 0 Å². The van der Waals surface area contributed by atoms with Crippen molar-refractivity contribution < 1.29 is 14.6 Å². The summed E-state index contributed by atoms with van der Waals surface area (Å²) in [5, 5.41) is 19.5. The molecule has 1 aliphatic carbocycles. The summed E-state index contributed by atoms with van der Waals surface area (Å²) >= 11 is 0. The van der Waals surface area contributed by atoms with E-state index in [0.717, 1.165) is 17.4 Å². The zero-order valence-corrected chi connectivity index (χ0v) is 16.7. The van der Waals surface area contributed by atoms with Gasteiger partial charge >= 0.3 is 5.69 Å². The van der Waals surface area contributed by atoms with Gasteiger partial charge in [-0.2, -0.15) is 5.26 Å². The third-order valence-electron chi connectivity index (χ3n) is 4.89. The first-order valence-corrected chi connectivity index (χ1v) is 9.95. The van der Waals surface area contributed by atoms with Crippen LogP contribution in [0.4, 0.5) is 0 Å². The van der Waals surface area contributed by atoms with Gasteiger partial charge in [0.1, 0.15) is 41.6 Å². The van der Waals surface area contributed by atoms with Crippen molar-refractivity contribution in [3.05, 3.63) is 87.2 Å². The number of ether oxygens (including phenoxy) is 2. The Morgan fingerprint density at radius 1 is 1.03 bits per heavy atom. The number of para-hydroxylation sites is 1. The van der Waals surface area contributed by atoms with Crippen LogP contribution in [-0.4, -0.2) is 27.0 Å². The summed E-state index contributed by atoms with van der Waals surface area (Å²) in [6, 6.07) is 18.1. The van der Waals surface area contributed by atoms with Crippen LogP contribution in [-0.2, 0) is 6.54 Å². The Hall–Kier alpha value is -3.83. The molecule has 4 rings (SSSR count). The van der Waals surface area contributed by atoms with Gasteiger partial charge in [-0.3, -0.25) is 13.9 Å². The van der Waals surface area contributed by atoms with Crippen LogP contribution >= 0.6 is 0 Å². The first kappa shape index (κ1) is 20.4. The van der Waals surface area contributed by atoms with Crippen molar-refractivity contribution >= 4 is 0 Å². The molecule has 1 atom stereocenters. The highest BCUT2D eigenvalue weighted by Gasteiger charge is 2.27. The molecule has 31 heavy (non-hydrogen) atoms. The quantitative estimate of drug-likeness (QED) is 0.601. The topological polar surface area (TPSA) is 106 Å². The molecule has 1 saturated carbocycles. The van der Waals surface area contributed by atoms with Crippen molar-refractivity contribution in [3.8, 4) is 23.3 Å². The Bertz CT molecular complexity index is 1210. The number of hydrogen-bond acceptors (Lipinski definition) is 6. The summed E-state index contributed by atoms with van der Waals surface area (Å²) < 4.78 is 13.6. The van der Waals surface area contributed by atoms with Crippen molar-refractivity contribution in [3.63, 3.8) is 0 Å². The molecule has 0 bridgehead atoms. The first-order valence-electron chi connectivity index (χ1n) is 9.95. The lowest BCUT2D eigenvalue weighted by Gasteiger charge is -2.15. The molecule has 1 N–H and O–H groups in total. The maximum Gasteiger partial charge on any atom is 0.331 e. The van der Waals surface area contributed by atoms with Crippen LogP contribution in [0.15, 0.2) is 70.4 Å². The summed E-state index contributed by atoms with van der Waals surface area (Å²) in [5.74, 6) is 1.86. The normalized spacial score (nSPS) is 13.9. The molecular weight excluding hydrogens is 398 g/mol. The van der Waals surface area contributed by atoms with Gasteiger partial charge in [-0.25, -0.2) is 4.79 Å². The van der Waals surface area contributed by atoms with E-state index in [2.05, 4.69) is 0 Å². The van der Waals surface area contributed by atoms with E-state index in [1.807, 2.05) is 36.4 Å². The molecule has 0 aliphatic heterocycles. The van der Waals surface area contributed by atoms with Gasteiger partial charge in [-0.15, -0.1) is 0 Å². The fraction of sp³-hybridized carbons (Fsp3) is 0.261. The molecule has 3 aromatic rings. The van der Waals surface area contributed by atoms with Gasteiger partial charge in [-0.1, -0.05) is 18.2 Å². The lowest BCUT2D eigenvalue weighted by molar-refractivity contribution is 0.0899. The lowest BCUT2D eigenvalue weighted by atomic mass is 10.3. The molecule has 1 aromatic heterocycles. The van der Waals surface area contributed by atoms with E-state index >= 15 is 0 Å². The van der Waals surface area contributed by atoms with Gasteiger partial charge in [0, 0.05) is 12.2 Å². The third kappa shape index (κ3) is 4.85. The Kier molecular flexibility index (Phi) is 5.87. The van der Waals surface area contributed by atoms with E-state index in [-0.39, 0.29) is 24.8 Å². The Morgan fingerprint density at radius 2 is 1.68 bits per heavy atom. The Labute approximate surface area is 178 Å². The van der Waals surface area contributed by atoms with Gasteiger partial charge in [0.25, 0.3) is 5.56 Å². The second kappa shape index (κ2) is 8.90. The number of rotatable bonds is 8. The van der Waals surface area contributed by atoms with Gasteiger partial charge in [-0.05, 0) is 49.2 Å². The third-order valence-corrected chi connectivity index (χ3v) is 4.89. The average Bonchev–Trinajstić information content (AvgIpc) is 3.62. The minimum Gasteiger partial charge on any atom is -0.491 e. The van der Waals surface area contributed by atoms with E-state index in [9.17, 15) is 20.0 Å². The molecule has 1 unspecified atom stereocenters. The first-order chi connectivity index (χ1) is 15.0. The smallest absolute Gasteiger partial charge is 0.331 e. The minimum absolute atomic E-state index is 0.0106. The second-order valence-electron chi connectivity index (χ2n) is 7.34. The van der Waals surface area contributed by atoms with Crippen LogP contribution < -0.4 is 20.7 Å². The number of nitrogens with zero attached hydrogens (tertiary/aromatic N) is 3. The van der Waals surface area contributed by atoms with Crippen molar-refractivity contribution in [2.45, 2.75) is 31.5 Å². The molecule has 1 heterocycles. The molecule has 8 nitrogen and oxygen atoms in total. The predicted molar refractivity (Wildman–Crippen MR) is 112 cm³/mol. The van der Waals surface area contributed by atoms with Crippen molar-refractivity contribution in [2.75, 3.05) is 6.61 Å². The van der Waals surface area contributed by atoms with Crippen LogP contribution in [0, 0.1) is 11.3 Å². The highest BCUT2D eigenvalue weighted by Crippen LogP contribution is 2.33. The number of nitriles is 1. The molecule has 0 spiro atoms. The largest absolute Gasteiger partial charge is 0.491 e. The van der Waals surface area contributed by atoms with Crippen molar-refractivity contribution in [1.82, 2.24) is 9.13 Å². The zero-order valence-electron chi connectivity index (χ0n) is 16.7. The van der Waals surface area contributed by atoms with E-state index in [1.165, 1.54) is 10.8 Å². The molecule has 0 saturated heterocycles. The Morgan fingerprint density at radius 3 is 2.32 bits per heavy atom. The number of aromatic nitrogens is 2. The average molecular weight is 419 g/mol. The van der Waals surface area contributed by atoms with Crippen molar-refractivity contribution in [1.29, 1.82) is 5.26 Å². The number of hydrogen-bond donors (Lipinski definition) is 1. The number of aliphatic hydroxyl groups excluding tert-OH is 1. The van der Waals surface area contributed by atoms with E-state index < -0.39 is 17.4 Å². The highest BCUT2D eigenvalue weighted by atomic mass is 16.5. The molecule has 0 radical (unpaired) electrons. The fourth-order valence-corrected chi connectivity index (χ4v) is 3.16. The van der Waals surface area contributed by atoms with Gasteiger partial charge in [0.2, 0.25) is 0 Å². The second-order valence-corrected chi connectivity index (χ2v) is 7.34. The molecule has 2 aromatic carbocycles. The minimum atomic E-state index is -1.10. The van der Waals surface area contributed by atoms with Crippen LogP contribution in [0.1, 0.15) is 24.4 Å². The molecule has 8 heteroatoms. The molecule has 0 amide bonds. The lowest BCUT2D eigenvalue weighted by Crippen LogP contribution is -2.44. The summed E-state index contributed by atoms with van der Waals surface area (Å²) in [7, 11) is 0. The van der Waals surface area contributed by atoms with Gasteiger partial charge in [0.05, 0.1) is 6.54 Å². The summed E-state index contributed by atoms with van der Waals surface area (Å²) in [5.41, 5.74) is -1.34.